The van der Waals surface area contributed by atoms with Crippen LogP contribution in [-0.4, -0.2) is 9.52 Å². The second kappa shape index (κ2) is 8.52. The summed E-state index contributed by atoms with van der Waals surface area (Å²) in [5, 5.41) is 3.47. The molecular weight excluding hydrogens is 280 g/mol. The number of hydrogen-bond acceptors (Lipinski definition) is 0. The Morgan fingerprint density at radius 3 is 2.32 bits per heavy atom. The third-order valence-corrected chi connectivity index (χ3v) is 6.88. The zero-order chi connectivity index (χ0) is 15.9. The highest BCUT2D eigenvalue weighted by Crippen LogP contribution is 2.31. The Bertz CT molecular complexity index is 531. The third kappa shape index (κ3) is 4.71. The molecular formula is C21H32Si. The van der Waals surface area contributed by atoms with E-state index in [0.717, 1.165) is 5.92 Å². The van der Waals surface area contributed by atoms with Gasteiger partial charge in [0.05, 0.1) is 9.52 Å². The van der Waals surface area contributed by atoms with E-state index in [1.54, 1.807) is 10.8 Å². The molecule has 0 bridgehead atoms. The van der Waals surface area contributed by atoms with Crippen LogP contribution in [0.5, 0.6) is 0 Å². The van der Waals surface area contributed by atoms with Crippen LogP contribution in [0, 0.1) is 19.8 Å². The topological polar surface area (TPSA) is 0 Å². The molecule has 0 spiro atoms. The maximum atomic E-state index is 2.51. The van der Waals surface area contributed by atoms with E-state index in [9.17, 15) is 0 Å². The van der Waals surface area contributed by atoms with E-state index in [4.69, 9.17) is 0 Å². The van der Waals surface area contributed by atoms with Crippen molar-refractivity contribution in [3.8, 4) is 0 Å². The number of hydrogen-bond donors (Lipinski definition) is 0. The van der Waals surface area contributed by atoms with E-state index < -0.39 is 0 Å². The first-order chi connectivity index (χ1) is 10.6. The fourth-order valence-electron chi connectivity index (χ4n) is 3.73. The van der Waals surface area contributed by atoms with Gasteiger partial charge in [0.25, 0.3) is 0 Å². The van der Waals surface area contributed by atoms with Crippen LogP contribution in [0.25, 0.3) is 0 Å². The lowest BCUT2D eigenvalue weighted by molar-refractivity contribution is 0.607. The molecule has 1 aromatic carbocycles. The fraction of sp³-hybridized carbons (Fsp3) is 0.524. The van der Waals surface area contributed by atoms with Gasteiger partial charge in [-0.2, -0.15) is 0 Å². The zero-order valence-electron chi connectivity index (χ0n) is 14.9. The molecule has 120 valence electrons. The highest BCUT2D eigenvalue weighted by molar-refractivity contribution is 6.61. The monoisotopic (exact) mass is 312 g/mol. The van der Waals surface area contributed by atoms with Gasteiger partial charge in [0.15, 0.2) is 0 Å². The van der Waals surface area contributed by atoms with Crippen LogP contribution in [0.2, 0.25) is 0 Å². The molecule has 0 aromatic heterocycles. The maximum absolute atomic E-state index is 2.51. The number of aryl methyl sites for hydroxylation is 2. The molecule has 1 heteroatoms. The summed E-state index contributed by atoms with van der Waals surface area (Å²) in [7, 11) is -0.310. The van der Waals surface area contributed by atoms with Gasteiger partial charge < -0.3 is 0 Å². The third-order valence-electron chi connectivity index (χ3n) is 4.70. The Balaban J connectivity index is 2.16. The molecule has 1 aliphatic carbocycles. The average molecular weight is 313 g/mol. The van der Waals surface area contributed by atoms with Crippen molar-refractivity contribution in [2.75, 3.05) is 0 Å². The second-order valence-corrected chi connectivity index (χ2v) is 8.87. The van der Waals surface area contributed by atoms with Gasteiger partial charge in [-0.15, -0.1) is 0 Å². The van der Waals surface area contributed by atoms with Crippen LogP contribution in [-0.2, 0) is 0 Å². The predicted octanol–water partition coefficient (Wildman–Crippen LogP) is 4.92. The molecule has 1 aromatic rings. The van der Waals surface area contributed by atoms with Gasteiger partial charge in [-0.3, -0.25) is 0 Å². The smallest absolute Gasteiger partial charge is 0.0775 e. The summed E-state index contributed by atoms with van der Waals surface area (Å²) in [6, 6.07) is 7.15. The minimum atomic E-state index is -0.310. The normalized spacial score (nSPS) is 18.1. The Labute approximate surface area is 139 Å². The number of allylic oxidation sites excluding steroid dienone is 4. The largest absolute Gasteiger partial charge is 0.0835 e. The summed E-state index contributed by atoms with van der Waals surface area (Å²) >= 11 is 0. The van der Waals surface area contributed by atoms with Gasteiger partial charge in [0.1, 0.15) is 0 Å². The first-order valence-electron chi connectivity index (χ1n) is 9.11. The summed E-state index contributed by atoms with van der Waals surface area (Å²) in [4.78, 5) is 0. The lowest BCUT2D eigenvalue weighted by Crippen LogP contribution is -2.21. The lowest BCUT2D eigenvalue weighted by atomic mass is 10.0. The molecule has 22 heavy (non-hydrogen) atoms. The SMILES string of the molecule is CCCCCC1C=CC(CCC)=C1[SiH2]c1cc(C)cc(C)c1. The molecule has 1 unspecified atom stereocenters. The lowest BCUT2D eigenvalue weighted by Gasteiger charge is -2.16. The Morgan fingerprint density at radius 1 is 0.955 bits per heavy atom. The van der Waals surface area contributed by atoms with Gasteiger partial charge in [-0.05, 0) is 32.6 Å². The Hall–Kier alpha value is -1.08. The molecule has 0 N–H and O–H groups in total. The predicted molar refractivity (Wildman–Crippen MR) is 103 cm³/mol. The van der Waals surface area contributed by atoms with E-state index in [0.29, 0.717) is 0 Å². The van der Waals surface area contributed by atoms with Gasteiger partial charge in [-0.25, -0.2) is 0 Å². The highest BCUT2D eigenvalue weighted by Gasteiger charge is 2.20. The average Bonchev–Trinajstić information content (AvgIpc) is 2.81. The minimum Gasteiger partial charge on any atom is -0.0775 e. The van der Waals surface area contributed by atoms with Gasteiger partial charge in [0.2, 0.25) is 0 Å². The molecule has 0 aliphatic heterocycles. The number of unbranched alkanes of at least 4 members (excludes halogenated alkanes) is 2. The summed E-state index contributed by atoms with van der Waals surface area (Å²) in [5.41, 5.74) is 4.53. The maximum Gasteiger partial charge on any atom is 0.0835 e. The van der Waals surface area contributed by atoms with E-state index in [2.05, 4.69) is 58.0 Å². The standard InChI is InChI=1S/C21H32Si/c1-5-7-8-10-19-12-11-18(9-6-2)21(19)22-20-14-16(3)13-17(4)15-20/h11-15,19H,5-10,22H2,1-4H3. The molecule has 0 saturated carbocycles. The van der Waals surface area contributed by atoms with Crippen molar-refractivity contribution in [1.82, 2.24) is 0 Å². The van der Waals surface area contributed by atoms with Crippen molar-refractivity contribution in [1.29, 1.82) is 0 Å². The van der Waals surface area contributed by atoms with Crippen molar-refractivity contribution in [3.63, 3.8) is 0 Å². The Kier molecular flexibility index (Phi) is 6.69. The van der Waals surface area contributed by atoms with Crippen LogP contribution in [0.4, 0.5) is 0 Å². The van der Waals surface area contributed by atoms with E-state index in [-0.39, 0.29) is 9.52 Å². The number of rotatable bonds is 8. The van der Waals surface area contributed by atoms with Gasteiger partial charge in [-0.1, -0.05) is 97.0 Å². The summed E-state index contributed by atoms with van der Waals surface area (Å²) in [5.74, 6) is 0.751. The van der Waals surface area contributed by atoms with Crippen LogP contribution in [0.15, 0.2) is 41.1 Å². The van der Waals surface area contributed by atoms with Gasteiger partial charge in [0, 0.05) is 0 Å². The summed E-state index contributed by atoms with van der Waals surface area (Å²) < 4.78 is 0. The van der Waals surface area contributed by atoms with Crippen LogP contribution < -0.4 is 5.19 Å². The highest BCUT2D eigenvalue weighted by atomic mass is 28.2. The molecule has 0 fully saturated rings. The molecule has 1 aliphatic rings. The first-order valence-corrected chi connectivity index (χ1v) is 10.5. The molecule has 0 saturated heterocycles. The fourth-order valence-corrected chi connectivity index (χ4v) is 6.14. The molecule has 0 heterocycles. The Morgan fingerprint density at radius 2 is 1.68 bits per heavy atom. The molecule has 0 amide bonds. The molecule has 0 nitrogen and oxygen atoms in total. The first kappa shape index (κ1) is 17.3. The molecule has 0 radical (unpaired) electrons. The van der Waals surface area contributed by atoms with E-state index in [1.165, 1.54) is 49.7 Å². The van der Waals surface area contributed by atoms with Crippen molar-refractivity contribution in [2.45, 2.75) is 66.2 Å². The minimum absolute atomic E-state index is 0.310. The second-order valence-electron chi connectivity index (χ2n) is 6.93. The summed E-state index contributed by atoms with van der Waals surface area (Å²) in [6.07, 6.45) is 13.0. The van der Waals surface area contributed by atoms with Crippen molar-refractivity contribution >= 4 is 14.7 Å². The molecule has 1 atom stereocenters. The van der Waals surface area contributed by atoms with Crippen LogP contribution in [0.3, 0.4) is 0 Å². The number of benzene rings is 1. The van der Waals surface area contributed by atoms with Crippen LogP contribution >= 0.6 is 0 Å². The van der Waals surface area contributed by atoms with Crippen molar-refractivity contribution in [2.24, 2.45) is 5.92 Å². The summed E-state index contributed by atoms with van der Waals surface area (Å²) in [6.45, 7) is 9.07. The van der Waals surface area contributed by atoms with E-state index in [1.807, 2.05) is 5.20 Å². The quantitative estimate of drug-likeness (QED) is 0.472. The zero-order valence-corrected chi connectivity index (χ0v) is 16.3. The van der Waals surface area contributed by atoms with Crippen molar-refractivity contribution < 1.29 is 0 Å². The van der Waals surface area contributed by atoms with Gasteiger partial charge >= 0.3 is 0 Å². The molecule has 2 rings (SSSR count). The van der Waals surface area contributed by atoms with Crippen molar-refractivity contribution in [3.05, 3.63) is 52.2 Å². The van der Waals surface area contributed by atoms with Crippen LogP contribution in [0.1, 0.15) is 63.5 Å². The van der Waals surface area contributed by atoms with E-state index >= 15 is 0 Å².